The lowest BCUT2D eigenvalue weighted by molar-refractivity contribution is -0.138. The van der Waals surface area contributed by atoms with E-state index < -0.39 is 10.0 Å². The van der Waals surface area contributed by atoms with Crippen LogP contribution in [0.15, 0.2) is 23.1 Å². The van der Waals surface area contributed by atoms with Gasteiger partial charge in [-0.1, -0.05) is 19.1 Å². The number of nitrogens with zero attached hydrogens (tertiary/aromatic N) is 4. The van der Waals surface area contributed by atoms with Crippen LogP contribution in [0.2, 0.25) is 0 Å². The minimum atomic E-state index is -3.51. The Kier molecular flexibility index (Phi) is 6.98. The van der Waals surface area contributed by atoms with Crippen molar-refractivity contribution < 1.29 is 13.2 Å². The van der Waals surface area contributed by atoms with Crippen molar-refractivity contribution in [2.24, 2.45) is 0 Å². The van der Waals surface area contributed by atoms with Crippen LogP contribution in [0.5, 0.6) is 0 Å². The van der Waals surface area contributed by atoms with E-state index in [1.807, 2.05) is 37.8 Å². The molecule has 1 aromatic rings. The maximum absolute atomic E-state index is 13.1. The third kappa shape index (κ3) is 4.82. The molecule has 1 amide bonds. The number of aryl methyl sites for hydroxylation is 2. The molecule has 29 heavy (non-hydrogen) atoms. The molecule has 2 heterocycles. The second kappa shape index (κ2) is 9.12. The molecule has 1 aromatic carbocycles. The van der Waals surface area contributed by atoms with E-state index in [1.54, 1.807) is 10.4 Å². The second-order valence-corrected chi connectivity index (χ2v) is 10.1. The molecule has 162 valence electrons. The predicted octanol–water partition coefficient (Wildman–Crippen LogP) is 1.16. The van der Waals surface area contributed by atoms with Crippen molar-refractivity contribution in [3.8, 4) is 0 Å². The number of rotatable bonds is 5. The molecular weight excluding hydrogens is 388 g/mol. The van der Waals surface area contributed by atoms with Crippen molar-refractivity contribution in [2.45, 2.75) is 38.6 Å². The first-order chi connectivity index (χ1) is 13.7. The molecule has 0 radical (unpaired) electrons. The highest BCUT2D eigenvalue weighted by atomic mass is 32.2. The summed E-state index contributed by atoms with van der Waals surface area (Å²) in [7, 11) is -3.51. The van der Waals surface area contributed by atoms with Crippen LogP contribution in [0.3, 0.4) is 0 Å². The van der Waals surface area contributed by atoms with Crippen LogP contribution in [0.4, 0.5) is 0 Å². The van der Waals surface area contributed by atoms with Crippen molar-refractivity contribution in [2.75, 3.05) is 58.9 Å². The molecule has 0 aromatic heterocycles. The van der Waals surface area contributed by atoms with Crippen molar-refractivity contribution in [3.63, 3.8) is 0 Å². The fraction of sp³-hybridized carbons (Fsp3) is 0.667. The normalized spacial score (nSPS) is 21.3. The van der Waals surface area contributed by atoms with E-state index in [4.69, 9.17) is 0 Å². The third-order valence-electron chi connectivity index (χ3n) is 6.27. The summed E-state index contributed by atoms with van der Waals surface area (Å²) in [5, 5.41) is 0. The van der Waals surface area contributed by atoms with Gasteiger partial charge in [0, 0.05) is 52.4 Å². The van der Waals surface area contributed by atoms with Crippen molar-refractivity contribution >= 4 is 15.9 Å². The number of carbonyl (C=O) groups is 1. The van der Waals surface area contributed by atoms with Gasteiger partial charge in [-0.25, -0.2) is 8.42 Å². The summed E-state index contributed by atoms with van der Waals surface area (Å²) in [5.74, 6) is 0.159. The van der Waals surface area contributed by atoms with Crippen LogP contribution < -0.4 is 0 Å². The highest BCUT2D eigenvalue weighted by Gasteiger charge is 2.34. The third-order valence-corrected chi connectivity index (χ3v) is 8.31. The van der Waals surface area contributed by atoms with E-state index in [0.29, 0.717) is 31.1 Å². The molecule has 2 fully saturated rings. The molecule has 0 saturated carbocycles. The number of benzene rings is 1. The van der Waals surface area contributed by atoms with Gasteiger partial charge in [0.25, 0.3) is 0 Å². The van der Waals surface area contributed by atoms with Crippen LogP contribution in [-0.2, 0) is 14.8 Å². The minimum Gasteiger partial charge on any atom is -0.339 e. The molecule has 0 bridgehead atoms. The fourth-order valence-electron chi connectivity index (χ4n) is 4.16. The lowest BCUT2D eigenvalue weighted by Crippen LogP contribution is -2.57. The standard InChI is InChI=1S/C21H34N4O3S/c1-5-22-8-10-24(11-9-22)21(26)19(4)23-12-14-25(15-13-23)29(27,28)20-16-17(2)6-7-18(20)3/h6-7,16,19H,5,8-15H2,1-4H3/t19-/m0/s1. The number of piperazine rings is 2. The Morgan fingerprint density at radius 3 is 2.21 bits per heavy atom. The quantitative estimate of drug-likeness (QED) is 0.713. The molecule has 0 spiro atoms. The average molecular weight is 423 g/mol. The van der Waals surface area contributed by atoms with Gasteiger partial charge in [-0.15, -0.1) is 0 Å². The number of sulfonamides is 1. The first kappa shape index (κ1) is 22.2. The molecule has 2 aliphatic heterocycles. The lowest BCUT2D eigenvalue weighted by atomic mass is 10.2. The summed E-state index contributed by atoms with van der Waals surface area (Å²) in [4.78, 5) is 19.7. The molecule has 1 atom stereocenters. The Bertz CT molecular complexity index is 826. The summed E-state index contributed by atoms with van der Waals surface area (Å²) in [6.45, 7) is 14.2. The van der Waals surface area contributed by atoms with Crippen molar-refractivity contribution in [1.82, 2.24) is 19.0 Å². The van der Waals surface area contributed by atoms with Crippen LogP contribution in [0, 0.1) is 13.8 Å². The van der Waals surface area contributed by atoms with E-state index in [2.05, 4.69) is 16.7 Å². The van der Waals surface area contributed by atoms with Gasteiger partial charge in [-0.05, 0) is 44.5 Å². The van der Waals surface area contributed by atoms with E-state index in [-0.39, 0.29) is 11.9 Å². The van der Waals surface area contributed by atoms with Crippen LogP contribution in [0.25, 0.3) is 0 Å². The highest BCUT2D eigenvalue weighted by Crippen LogP contribution is 2.23. The lowest BCUT2D eigenvalue weighted by Gasteiger charge is -2.40. The summed E-state index contributed by atoms with van der Waals surface area (Å²) in [6.07, 6.45) is 0. The SMILES string of the molecule is CCN1CCN(C(=O)[C@H](C)N2CCN(S(=O)(=O)c3cc(C)ccc3C)CC2)CC1. The van der Waals surface area contributed by atoms with Crippen LogP contribution >= 0.6 is 0 Å². The zero-order valence-corrected chi connectivity index (χ0v) is 18.9. The Morgan fingerprint density at radius 1 is 1.00 bits per heavy atom. The average Bonchev–Trinajstić information content (AvgIpc) is 2.74. The van der Waals surface area contributed by atoms with Gasteiger partial charge >= 0.3 is 0 Å². The Balaban J connectivity index is 1.60. The summed E-state index contributed by atoms with van der Waals surface area (Å²) in [6, 6.07) is 5.32. The molecule has 0 N–H and O–H groups in total. The van der Waals surface area contributed by atoms with E-state index in [9.17, 15) is 13.2 Å². The number of likely N-dealkylation sites (N-methyl/N-ethyl adjacent to an activating group) is 1. The van der Waals surface area contributed by atoms with E-state index in [0.717, 1.165) is 43.9 Å². The largest absolute Gasteiger partial charge is 0.339 e. The minimum absolute atomic E-state index is 0.159. The number of hydrogen-bond acceptors (Lipinski definition) is 5. The molecule has 2 aliphatic rings. The van der Waals surface area contributed by atoms with Gasteiger partial charge in [0.15, 0.2) is 0 Å². The van der Waals surface area contributed by atoms with Gasteiger partial charge < -0.3 is 9.80 Å². The second-order valence-electron chi connectivity index (χ2n) is 8.14. The maximum Gasteiger partial charge on any atom is 0.243 e. The van der Waals surface area contributed by atoms with E-state index >= 15 is 0 Å². The van der Waals surface area contributed by atoms with Gasteiger partial charge in [0.2, 0.25) is 15.9 Å². The van der Waals surface area contributed by atoms with Crippen molar-refractivity contribution in [1.29, 1.82) is 0 Å². The van der Waals surface area contributed by atoms with Gasteiger partial charge in [0.05, 0.1) is 10.9 Å². The van der Waals surface area contributed by atoms with Crippen LogP contribution in [0.1, 0.15) is 25.0 Å². The molecule has 7 nitrogen and oxygen atoms in total. The molecule has 0 aliphatic carbocycles. The monoisotopic (exact) mass is 422 g/mol. The molecule has 2 saturated heterocycles. The number of hydrogen-bond donors (Lipinski definition) is 0. The zero-order valence-electron chi connectivity index (χ0n) is 18.1. The molecular formula is C21H34N4O3S. The summed E-state index contributed by atoms with van der Waals surface area (Å²) < 4.78 is 27.8. The summed E-state index contributed by atoms with van der Waals surface area (Å²) in [5.41, 5.74) is 1.71. The number of amides is 1. The van der Waals surface area contributed by atoms with Gasteiger partial charge in [-0.2, -0.15) is 4.31 Å². The number of carbonyl (C=O) groups excluding carboxylic acids is 1. The Morgan fingerprint density at radius 2 is 1.62 bits per heavy atom. The molecule has 8 heteroatoms. The van der Waals surface area contributed by atoms with Gasteiger partial charge in [0.1, 0.15) is 0 Å². The van der Waals surface area contributed by atoms with E-state index in [1.165, 1.54) is 0 Å². The summed E-state index contributed by atoms with van der Waals surface area (Å²) >= 11 is 0. The maximum atomic E-state index is 13.1. The molecule has 3 rings (SSSR count). The zero-order chi connectivity index (χ0) is 21.2. The predicted molar refractivity (Wildman–Crippen MR) is 114 cm³/mol. The smallest absolute Gasteiger partial charge is 0.243 e. The topological polar surface area (TPSA) is 64.2 Å². The Labute approximate surface area is 175 Å². The molecule has 0 unspecified atom stereocenters. The highest BCUT2D eigenvalue weighted by molar-refractivity contribution is 7.89. The van der Waals surface area contributed by atoms with Crippen molar-refractivity contribution in [3.05, 3.63) is 29.3 Å². The first-order valence-corrected chi connectivity index (χ1v) is 12.0. The van der Waals surface area contributed by atoms with Crippen LogP contribution in [-0.4, -0.2) is 98.3 Å². The Hall–Kier alpha value is -1.48. The van der Waals surface area contributed by atoms with Gasteiger partial charge in [-0.3, -0.25) is 9.69 Å². The first-order valence-electron chi connectivity index (χ1n) is 10.6. The fourth-order valence-corrected chi connectivity index (χ4v) is 5.89.